The van der Waals surface area contributed by atoms with Crippen LogP contribution >= 0.6 is 0 Å². The highest BCUT2D eigenvalue weighted by atomic mass is 16.1. The molecule has 130 valence electrons. The Labute approximate surface area is 149 Å². The van der Waals surface area contributed by atoms with Gasteiger partial charge in [0.15, 0.2) is 0 Å². The molecule has 0 spiro atoms. The van der Waals surface area contributed by atoms with Crippen molar-refractivity contribution in [1.29, 1.82) is 0 Å². The zero-order valence-corrected chi connectivity index (χ0v) is 14.5. The molecule has 3 heteroatoms. The number of hydrogen-bond donors (Lipinski definition) is 2. The van der Waals surface area contributed by atoms with E-state index in [9.17, 15) is 4.79 Å². The molecule has 25 heavy (non-hydrogen) atoms. The Bertz CT molecular complexity index is 674. The fraction of sp³-hybridized carbons (Fsp3) is 0.409. The molecule has 3 nitrogen and oxygen atoms in total. The molecule has 0 saturated heterocycles. The third-order valence-electron chi connectivity index (χ3n) is 6.17. The third kappa shape index (κ3) is 3.21. The van der Waals surface area contributed by atoms with Gasteiger partial charge in [0.25, 0.3) is 0 Å². The van der Waals surface area contributed by atoms with Gasteiger partial charge in [-0.2, -0.15) is 0 Å². The zero-order chi connectivity index (χ0) is 17.2. The Hall–Kier alpha value is -2.13. The lowest BCUT2D eigenvalue weighted by molar-refractivity contribution is -0.127. The standard InChI is InChI=1S/C22H26N2O/c23-21-18-12-11-17(13-18)20(21)22(25)24-14-19(15-7-3-1-4-8-15)16-9-5-2-6-10-16/h1-10,17-21H,11-14,23H2,(H,24,25). The molecule has 2 aliphatic rings. The van der Waals surface area contributed by atoms with Gasteiger partial charge in [-0.3, -0.25) is 4.79 Å². The number of hydrogen-bond acceptors (Lipinski definition) is 2. The summed E-state index contributed by atoms with van der Waals surface area (Å²) in [4.78, 5) is 12.8. The Morgan fingerprint density at radius 2 is 1.52 bits per heavy atom. The van der Waals surface area contributed by atoms with Crippen LogP contribution in [0.3, 0.4) is 0 Å². The molecule has 2 aromatic rings. The molecule has 3 N–H and O–H groups in total. The summed E-state index contributed by atoms with van der Waals surface area (Å²) in [6.45, 7) is 0.619. The Balaban J connectivity index is 1.49. The first kappa shape index (κ1) is 16.3. The molecule has 0 aliphatic heterocycles. The van der Waals surface area contributed by atoms with Gasteiger partial charge in [0.1, 0.15) is 0 Å². The van der Waals surface area contributed by atoms with E-state index in [2.05, 4.69) is 53.8 Å². The van der Waals surface area contributed by atoms with Crippen LogP contribution in [0.2, 0.25) is 0 Å². The molecule has 0 heterocycles. The van der Waals surface area contributed by atoms with E-state index in [4.69, 9.17) is 5.73 Å². The van der Waals surface area contributed by atoms with Crippen molar-refractivity contribution in [3.63, 3.8) is 0 Å². The second-order valence-corrected chi connectivity index (χ2v) is 7.56. The summed E-state index contributed by atoms with van der Waals surface area (Å²) in [6.07, 6.45) is 3.50. The lowest BCUT2D eigenvalue weighted by Gasteiger charge is -2.28. The fourth-order valence-electron chi connectivity index (χ4n) is 4.84. The van der Waals surface area contributed by atoms with Crippen LogP contribution in [0.25, 0.3) is 0 Å². The predicted octanol–water partition coefficient (Wildman–Crippen LogP) is 3.31. The number of fused-ring (bicyclic) bond motifs is 2. The highest BCUT2D eigenvalue weighted by molar-refractivity contribution is 5.80. The van der Waals surface area contributed by atoms with E-state index in [-0.39, 0.29) is 23.8 Å². The average Bonchev–Trinajstić information content (AvgIpc) is 3.25. The Morgan fingerprint density at radius 1 is 0.960 bits per heavy atom. The van der Waals surface area contributed by atoms with Gasteiger partial charge < -0.3 is 11.1 Å². The van der Waals surface area contributed by atoms with Crippen molar-refractivity contribution in [2.24, 2.45) is 23.5 Å². The Morgan fingerprint density at radius 3 is 2.04 bits per heavy atom. The topological polar surface area (TPSA) is 55.1 Å². The monoisotopic (exact) mass is 334 g/mol. The summed E-state index contributed by atoms with van der Waals surface area (Å²) in [6, 6.07) is 20.8. The minimum Gasteiger partial charge on any atom is -0.355 e. The van der Waals surface area contributed by atoms with Gasteiger partial charge in [0, 0.05) is 18.5 Å². The number of carbonyl (C=O) groups is 1. The summed E-state index contributed by atoms with van der Waals surface area (Å²) in [7, 11) is 0. The molecule has 2 fully saturated rings. The second-order valence-electron chi connectivity index (χ2n) is 7.56. The van der Waals surface area contributed by atoms with Crippen LogP contribution < -0.4 is 11.1 Å². The van der Waals surface area contributed by atoms with Crippen LogP contribution in [-0.4, -0.2) is 18.5 Å². The van der Waals surface area contributed by atoms with Crippen molar-refractivity contribution >= 4 is 5.91 Å². The van der Waals surface area contributed by atoms with Crippen molar-refractivity contribution in [1.82, 2.24) is 5.32 Å². The van der Waals surface area contributed by atoms with Gasteiger partial charge >= 0.3 is 0 Å². The van der Waals surface area contributed by atoms with Crippen LogP contribution in [0, 0.1) is 17.8 Å². The summed E-state index contributed by atoms with van der Waals surface area (Å²) in [5.74, 6) is 1.37. The predicted molar refractivity (Wildman–Crippen MR) is 100 cm³/mol. The van der Waals surface area contributed by atoms with E-state index < -0.39 is 0 Å². The van der Waals surface area contributed by atoms with Gasteiger partial charge in [-0.25, -0.2) is 0 Å². The maximum Gasteiger partial charge on any atom is 0.225 e. The minimum absolute atomic E-state index is 0.00551. The van der Waals surface area contributed by atoms with E-state index in [1.54, 1.807) is 0 Å². The number of amides is 1. The van der Waals surface area contributed by atoms with Crippen LogP contribution in [-0.2, 0) is 4.79 Å². The van der Waals surface area contributed by atoms with E-state index in [0.29, 0.717) is 18.4 Å². The Kier molecular flexibility index (Phi) is 4.58. The van der Waals surface area contributed by atoms with Crippen molar-refractivity contribution < 1.29 is 4.79 Å². The smallest absolute Gasteiger partial charge is 0.225 e. The molecule has 0 aromatic heterocycles. The summed E-state index contributed by atoms with van der Waals surface area (Å²) in [5.41, 5.74) is 8.79. The lowest BCUT2D eigenvalue weighted by Crippen LogP contribution is -2.46. The number of nitrogens with one attached hydrogen (secondary N) is 1. The maximum atomic E-state index is 12.8. The van der Waals surface area contributed by atoms with Crippen LogP contribution in [0.15, 0.2) is 60.7 Å². The SMILES string of the molecule is NC1C2CCC(C2)C1C(=O)NCC(c1ccccc1)c1ccccc1. The van der Waals surface area contributed by atoms with Crippen LogP contribution in [0.1, 0.15) is 36.3 Å². The van der Waals surface area contributed by atoms with Crippen molar-refractivity contribution in [2.45, 2.75) is 31.2 Å². The van der Waals surface area contributed by atoms with E-state index in [1.807, 2.05) is 12.1 Å². The van der Waals surface area contributed by atoms with Gasteiger partial charge in [-0.05, 0) is 42.2 Å². The number of rotatable bonds is 5. The summed E-state index contributed by atoms with van der Waals surface area (Å²) < 4.78 is 0. The van der Waals surface area contributed by atoms with Gasteiger partial charge in [0.2, 0.25) is 5.91 Å². The average molecular weight is 334 g/mol. The maximum absolute atomic E-state index is 12.8. The van der Waals surface area contributed by atoms with Crippen molar-refractivity contribution in [2.75, 3.05) is 6.54 Å². The van der Waals surface area contributed by atoms with E-state index in [1.165, 1.54) is 17.5 Å². The minimum atomic E-state index is 0.00551. The van der Waals surface area contributed by atoms with Gasteiger partial charge in [-0.1, -0.05) is 60.7 Å². The fourth-order valence-corrected chi connectivity index (χ4v) is 4.84. The van der Waals surface area contributed by atoms with E-state index in [0.717, 1.165) is 12.8 Å². The molecule has 4 unspecified atom stereocenters. The summed E-state index contributed by atoms with van der Waals surface area (Å²) in [5, 5.41) is 3.22. The van der Waals surface area contributed by atoms with E-state index >= 15 is 0 Å². The quantitative estimate of drug-likeness (QED) is 0.881. The largest absolute Gasteiger partial charge is 0.355 e. The van der Waals surface area contributed by atoms with Crippen LogP contribution in [0.4, 0.5) is 0 Å². The molecule has 2 aliphatic carbocycles. The molecule has 2 bridgehead atoms. The van der Waals surface area contributed by atoms with Crippen molar-refractivity contribution in [3.8, 4) is 0 Å². The highest BCUT2D eigenvalue weighted by Crippen LogP contribution is 2.47. The molecular formula is C22H26N2O. The molecule has 4 atom stereocenters. The number of carbonyl (C=O) groups excluding carboxylic acids is 1. The highest BCUT2D eigenvalue weighted by Gasteiger charge is 2.49. The first-order valence-corrected chi connectivity index (χ1v) is 9.37. The first-order chi connectivity index (χ1) is 12.2. The molecule has 4 rings (SSSR count). The molecule has 2 aromatic carbocycles. The molecular weight excluding hydrogens is 308 g/mol. The zero-order valence-electron chi connectivity index (χ0n) is 14.5. The normalized spacial score (nSPS) is 27.6. The third-order valence-corrected chi connectivity index (χ3v) is 6.17. The van der Waals surface area contributed by atoms with Gasteiger partial charge in [0.05, 0.1) is 5.92 Å². The summed E-state index contributed by atoms with van der Waals surface area (Å²) >= 11 is 0. The van der Waals surface area contributed by atoms with Crippen molar-refractivity contribution in [3.05, 3.63) is 71.8 Å². The lowest BCUT2D eigenvalue weighted by atomic mass is 9.84. The molecule has 0 radical (unpaired) electrons. The first-order valence-electron chi connectivity index (χ1n) is 9.37. The van der Waals surface area contributed by atoms with Gasteiger partial charge in [-0.15, -0.1) is 0 Å². The number of nitrogens with two attached hydrogens (primary N) is 1. The second kappa shape index (κ2) is 7.01. The number of benzene rings is 2. The molecule has 1 amide bonds. The molecule has 2 saturated carbocycles. The van der Waals surface area contributed by atoms with Crippen LogP contribution in [0.5, 0.6) is 0 Å².